The first-order chi connectivity index (χ1) is 10.3. The average molecular weight is 351 g/mol. The SMILES string of the molecule is CCP(=O)(CNc1cc([N+](=O)[O-])ccc1Cl)OCC(=O)OC. The number of non-ortho nitro benzene ring substituents is 1. The second-order valence-electron chi connectivity index (χ2n) is 4.24. The Morgan fingerprint density at radius 3 is 2.73 bits per heavy atom. The van der Waals surface area contributed by atoms with Gasteiger partial charge in [-0.3, -0.25) is 14.7 Å². The van der Waals surface area contributed by atoms with Gasteiger partial charge in [-0.1, -0.05) is 18.5 Å². The van der Waals surface area contributed by atoms with E-state index in [1.54, 1.807) is 6.92 Å². The molecule has 0 spiro atoms. The molecule has 1 unspecified atom stereocenters. The van der Waals surface area contributed by atoms with Crippen LogP contribution in [0.15, 0.2) is 18.2 Å². The summed E-state index contributed by atoms with van der Waals surface area (Å²) in [4.78, 5) is 21.2. The van der Waals surface area contributed by atoms with E-state index in [0.717, 1.165) is 0 Å². The van der Waals surface area contributed by atoms with E-state index in [9.17, 15) is 19.5 Å². The molecule has 0 bridgehead atoms. The lowest BCUT2D eigenvalue weighted by Gasteiger charge is -2.18. The Kier molecular flexibility index (Phi) is 6.80. The van der Waals surface area contributed by atoms with Gasteiger partial charge < -0.3 is 14.6 Å². The number of rotatable bonds is 8. The minimum atomic E-state index is -3.13. The molecule has 10 heteroatoms. The highest BCUT2D eigenvalue weighted by molar-refractivity contribution is 7.59. The normalized spacial score (nSPS) is 13.2. The Morgan fingerprint density at radius 1 is 1.50 bits per heavy atom. The number of hydrogen-bond acceptors (Lipinski definition) is 7. The van der Waals surface area contributed by atoms with Crippen LogP contribution in [0.25, 0.3) is 0 Å². The molecule has 22 heavy (non-hydrogen) atoms. The van der Waals surface area contributed by atoms with Gasteiger partial charge in [0.25, 0.3) is 5.69 Å². The van der Waals surface area contributed by atoms with Crippen molar-refractivity contribution in [2.24, 2.45) is 0 Å². The van der Waals surface area contributed by atoms with Crippen LogP contribution in [0.4, 0.5) is 11.4 Å². The minimum Gasteiger partial charge on any atom is -0.467 e. The van der Waals surface area contributed by atoms with Crippen LogP contribution in [0, 0.1) is 10.1 Å². The van der Waals surface area contributed by atoms with Gasteiger partial charge in [0.05, 0.1) is 29.0 Å². The first-order valence-corrected chi connectivity index (χ1v) is 8.66. The number of carbonyl (C=O) groups is 1. The quantitative estimate of drug-likeness (QED) is 0.332. The smallest absolute Gasteiger partial charge is 0.332 e. The van der Waals surface area contributed by atoms with Gasteiger partial charge in [0.1, 0.15) is 0 Å². The maximum absolute atomic E-state index is 12.4. The van der Waals surface area contributed by atoms with Crippen LogP contribution in [0.2, 0.25) is 5.02 Å². The fourth-order valence-corrected chi connectivity index (χ4v) is 2.88. The van der Waals surface area contributed by atoms with Crippen molar-refractivity contribution in [2.45, 2.75) is 6.92 Å². The summed E-state index contributed by atoms with van der Waals surface area (Å²) in [5.41, 5.74) is 0.125. The highest BCUT2D eigenvalue weighted by atomic mass is 35.5. The first-order valence-electron chi connectivity index (χ1n) is 6.28. The number of halogens is 1. The standard InChI is InChI=1S/C12H16ClN2O6P/c1-3-22(19,21-7-12(16)20-2)8-14-11-6-9(15(17)18)4-5-10(11)13/h4-6,14H,3,7-8H2,1-2H3. The molecule has 0 aliphatic heterocycles. The van der Waals surface area contributed by atoms with Crippen molar-refractivity contribution in [3.63, 3.8) is 0 Å². The number of ether oxygens (including phenoxy) is 1. The summed E-state index contributed by atoms with van der Waals surface area (Å²) < 4.78 is 22.0. The van der Waals surface area contributed by atoms with Gasteiger partial charge in [0, 0.05) is 18.3 Å². The van der Waals surface area contributed by atoms with Gasteiger partial charge in [0.15, 0.2) is 6.61 Å². The molecule has 0 aliphatic carbocycles. The maximum Gasteiger partial charge on any atom is 0.332 e. The molecule has 1 atom stereocenters. The van der Waals surface area contributed by atoms with Gasteiger partial charge in [-0.15, -0.1) is 0 Å². The highest BCUT2D eigenvalue weighted by Crippen LogP contribution is 2.46. The van der Waals surface area contributed by atoms with Crippen LogP contribution >= 0.6 is 19.0 Å². The Hall–Kier alpha value is -1.63. The maximum atomic E-state index is 12.4. The predicted octanol–water partition coefficient (Wildman–Crippen LogP) is 3.11. The number of esters is 1. The van der Waals surface area contributed by atoms with Crippen LogP contribution in [-0.4, -0.2) is 37.1 Å². The molecule has 1 aromatic carbocycles. The number of carbonyl (C=O) groups excluding carboxylic acids is 1. The highest BCUT2D eigenvalue weighted by Gasteiger charge is 2.23. The molecule has 1 rings (SSSR count). The molecule has 8 nitrogen and oxygen atoms in total. The van der Waals surface area contributed by atoms with Gasteiger partial charge in [-0.25, -0.2) is 4.79 Å². The first kappa shape index (κ1) is 18.4. The van der Waals surface area contributed by atoms with E-state index >= 15 is 0 Å². The fourth-order valence-electron chi connectivity index (χ4n) is 1.45. The molecule has 0 amide bonds. The summed E-state index contributed by atoms with van der Waals surface area (Å²) in [7, 11) is -1.93. The number of hydrogen-bond donors (Lipinski definition) is 1. The van der Waals surface area contributed by atoms with Gasteiger partial charge in [0.2, 0.25) is 7.37 Å². The lowest BCUT2D eigenvalue weighted by atomic mass is 10.3. The number of anilines is 1. The van der Waals surface area contributed by atoms with E-state index in [0.29, 0.717) is 0 Å². The molecule has 0 radical (unpaired) electrons. The van der Waals surface area contributed by atoms with Crippen molar-refractivity contribution in [1.82, 2.24) is 0 Å². The van der Waals surface area contributed by atoms with Crippen LogP contribution < -0.4 is 5.32 Å². The number of nitrogens with zero attached hydrogens (tertiary/aromatic N) is 1. The number of nitrogens with one attached hydrogen (secondary N) is 1. The monoisotopic (exact) mass is 350 g/mol. The molecule has 0 heterocycles. The Balaban J connectivity index is 2.77. The fraction of sp³-hybridized carbons (Fsp3) is 0.417. The van der Waals surface area contributed by atoms with Gasteiger partial charge in [-0.2, -0.15) is 0 Å². The summed E-state index contributed by atoms with van der Waals surface area (Å²) in [6.07, 6.45) is 0.0743. The average Bonchev–Trinajstić information content (AvgIpc) is 2.51. The van der Waals surface area contributed by atoms with Crippen LogP contribution in [-0.2, 0) is 18.6 Å². The molecule has 1 aromatic rings. The van der Waals surface area contributed by atoms with Crippen molar-refractivity contribution in [3.05, 3.63) is 33.3 Å². The van der Waals surface area contributed by atoms with Crippen molar-refractivity contribution >= 4 is 36.3 Å². The van der Waals surface area contributed by atoms with E-state index in [1.807, 2.05) is 0 Å². The molecular weight excluding hydrogens is 335 g/mol. The number of benzene rings is 1. The molecule has 122 valence electrons. The lowest BCUT2D eigenvalue weighted by molar-refractivity contribution is -0.384. The molecule has 0 aliphatic rings. The topological polar surface area (TPSA) is 108 Å². The minimum absolute atomic E-state index is 0.110. The van der Waals surface area contributed by atoms with Crippen molar-refractivity contribution in [1.29, 1.82) is 0 Å². The zero-order valence-electron chi connectivity index (χ0n) is 12.1. The predicted molar refractivity (Wildman–Crippen MR) is 82.7 cm³/mol. The van der Waals surface area contributed by atoms with E-state index in [-0.39, 0.29) is 28.8 Å². The van der Waals surface area contributed by atoms with Crippen molar-refractivity contribution in [3.8, 4) is 0 Å². The van der Waals surface area contributed by atoms with Crippen LogP contribution in [0.5, 0.6) is 0 Å². The third-order valence-electron chi connectivity index (χ3n) is 2.80. The second kappa shape index (κ2) is 8.12. The molecular formula is C12H16ClN2O6P. The molecule has 0 saturated heterocycles. The number of methoxy groups -OCH3 is 1. The summed E-state index contributed by atoms with van der Waals surface area (Å²) in [6.45, 7) is 1.22. The lowest BCUT2D eigenvalue weighted by Crippen LogP contribution is -2.13. The Labute approximate surface area is 132 Å². The summed E-state index contributed by atoms with van der Waals surface area (Å²) >= 11 is 5.93. The molecule has 0 aromatic heterocycles. The van der Waals surface area contributed by atoms with E-state index < -0.39 is 24.9 Å². The zero-order valence-corrected chi connectivity index (χ0v) is 13.7. The van der Waals surface area contributed by atoms with Crippen molar-refractivity contribution < 1.29 is 23.5 Å². The number of nitro benzene ring substituents is 1. The van der Waals surface area contributed by atoms with Crippen molar-refractivity contribution in [2.75, 3.05) is 31.5 Å². The van der Waals surface area contributed by atoms with E-state index in [2.05, 4.69) is 10.1 Å². The van der Waals surface area contributed by atoms with Gasteiger partial charge in [-0.05, 0) is 6.07 Å². The Morgan fingerprint density at radius 2 is 2.18 bits per heavy atom. The summed E-state index contributed by atoms with van der Waals surface area (Å²) in [5.74, 6) is -0.637. The summed E-state index contributed by atoms with van der Waals surface area (Å²) in [6, 6.07) is 3.87. The molecule has 0 saturated carbocycles. The second-order valence-corrected chi connectivity index (χ2v) is 7.48. The Bertz CT molecular complexity index is 609. The third kappa shape index (κ3) is 5.29. The summed E-state index contributed by atoms with van der Waals surface area (Å²) in [5, 5.41) is 13.8. The molecule has 0 fully saturated rings. The number of nitro groups is 1. The van der Waals surface area contributed by atoms with E-state index in [4.69, 9.17) is 16.1 Å². The zero-order chi connectivity index (χ0) is 16.8. The molecule has 1 N–H and O–H groups in total. The van der Waals surface area contributed by atoms with Crippen LogP contribution in [0.1, 0.15) is 6.92 Å². The van der Waals surface area contributed by atoms with E-state index in [1.165, 1.54) is 25.3 Å². The third-order valence-corrected chi connectivity index (χ3v) is 5.33. The largest absolute Gasteiger partial charge is 0.467 e. The van der Waals surface area contributed by atoms with Gasteiger partial charge >= 0.3 is 5.97 Å². The van der Waals surface area contributed by atoms with Crippen LogP contribution in [0.3, 0.4) is 0 Å².